The summed E-state index contributed by atoms with van der Waals surface area (Å²) in [5.74, 6) is 2.12. The Kier molecular flexibility index (Phi) is 7.54. The van der Waals surface area contributed by atoms with Crippen molar-refractivity contribution in [1.29, 1.82) is 0 Å². The maximum absolute atomic E-state index is 6.01. The number of thiophene rings is 1. The topological polar surface area (TPSA) is 62.9 Å². The monoisotopic (exact) mass is 386 g/mol. The van der Waals surface area contributed by atoms with E-state index < -0.39 is 0 Å². The zero-order valence-electron chi connectivity index (χ0n) is 16.1. The molecule has 0 unspecified atom stereocenters. The van der Waals surface area contributed by atoms with Gasteiger partial charge in [-0.15, -0.1) is 11.3 Å². The molecule has 3 rings (SSSR count). The minimum absolute atomic E-state index is 0.576. The standard InChI is InChI=1S/C21H30N4OS/c1-26-19-6-4-18(5-7-19)16-25-12-9-17(10-13-25)15-24-21(22)23-11-8-20-3-2-14-27-20/h2-7,14,17H,8-13,15-16H2,1H3,(H3,22,23,24). The van der Waals surface area contributed by atoms with Crippen LogP contribution in [0, 0.1) is 5.92 Å². The molecule has 0 aliphatic carbocycles. The van der Waals surface area contributed by atoms with E-state index in [0.29, 0.717) is 11.9 Å². The normalized spacial score (nSPS) is 16.4. The minimum atomic E-state index is 0.576. The number of guanidine groups is 1. The van der Waals surface area contributed by atoms with E-state index >= 15 is 0 Å². The lowest BCUT2D eigenvalue weighted by Gasteiger charge is -2.31. The molecule has 0 bridgehead atoms. The van der Waals surface area contributed by atoms with Crippen molar-refractivity contribution in [3.8, 4) is 5.75 Å². The molecule has 0 saturated carbocycles. The SMILES string of the molecule is COc1ccc(CN2CCC(CN=C(N)NCCc3cccs3)CC2)cc1. The van der Waals surface area contributed by atoms with E-state index in [0.717, 1.165) is 44.9 Å². The lowest BCUT2D eigenvalue weighted by molar-refractivity contribution is 0.180. The molecule has 0 spiro atoms. The number of rotatable bonds is 8. The summed E-state index contributed by atoms with van der Waals surface area (Å²) in [6.45, 7) is 4.92. The minimum Gasteiger partial charge on any atom is -0.497 e. The molecule has 6 heteroatoms. The maximum atomic E-state index is 6.01. The molecule has 0 amide bonds. The summed E-state index contributed by atoms with van der Waals surface area (Å²) >= 11 is 1.78. The van der Waals surface area contributed by atoms with Crippen LogP contribution in [0.3, 0.4) is 0 Å². The molecule has 1 aromatic carbocycles. The van der Waals surface area contributed by atoms with Gasteiger partial charge in [-0.2, -0.15) is 0 Å². The number of methoxy groups -OCH3 is 1. The van der Waals surface area contributed by atoms with Crippen molar-refractivity contribution in [1.82, 2.24) is 10.2 Å². The molecule has 1 aromatic heterocycles. The van der Waals surface area contributed by atoms with Crippen molar-refractivity contribution in [2.75, 3.05) is 33.3 Å². The second-order valence-corrected chi connectivity index (χ2v) is 8.08. The first-order valence-electron chi connectivity index (χ1n) is 9.64. The summed E-state index contributed by atoms with van der Waals surface area (Å²) in [4.78, 5) is 8.44. The Morgan fingerprint density at radius 2 is 2.04 bits per heavy atom. The third kappa shape index (κ3) is 6.56. The highest BCUT2D eigenvalue weighted by molar-refractivity contribution is 7.09. The molecule has 1 saturated heterocycles. The van der Waals surface area contributed by atoms with Gasteiger partial charge >= 0.3 is 0 Å². The van der Waals surface area contributed by atoms with Gasteiger partial charge < -0.3 is 15.8 Å². The summed E-state index contributed by atoms with van der Waals surface area (Å²) < 4.78 is 5.22. The molecule has 0 atom stereocenters. The number of hydrogen-bond acceptors (Lipinski definition) is 4. The predicted octanol–water partition coefficient (Wildman–Crippen LogP) is 3.12. The number of nitrogens with zero attached hydrogens (tertiary/aromatic N) is 2. The Bertz CT molecular complexity index is 691. The summed E-state index contributed by atoms with van der Waals surface area (Å²) in [7, 11) is 1.70. The first-order chi connectivity index (χ1) is 13.2. The second-order valence-electron chi connectivity index (χ2n) is 7.05. The highest BCUT2D eigenvalue weighted by atomic mass is 32.1. The molecular weight excluding hydrogens is 356 g/mol. The van der Waals surface area contributed by atoms with Crippen LogP contribution in [0.15, 0.2) is 46.8 Å². The van der Waals surface area contributed by atoms with Gasteiger partial charge in [-0.3, -0.25) is 9.89 Å². The fraction of sp³-hybridized carbons (Fsp3) is 0.476. The van der Waals surface area contributed by atoms with Gasteiger partial charge in [0.2, 0.25) is 0 Å². The van der Waals surface area contributed by atoms with Crippen LogP contribution in [0.1, 0.15) is 23.3 Å². The first kappa shape index (κ1) is 19.7. The van der Waals surface area contributed by atoms with Gasteiger partial charge in [-0.1, -0.05) is 18.2 Å². The average molecular weight is 387 g/mol. The van der Waals surface area contributed by atoms with Crippen LogP contribution >= 0.6 is 11.3 Å². The number of hydrogen-bond donors (Lipinski definition) is 2. The largest absolute Gasteiger partial charge is 0.497 e. The zero-order chi connectivity index (χ0) is 18.9. The summed E-state index contributed by atoms with van der Waals surface area (Å²) in [6, 6.07) is 12.6. The van der Waals surface area contributed by atoms with Crippen molar-refractivity contribution in [2.24, 2.45) is 16.6 Å². The number of piperidine rings is 1. The smallest absolute Gasteiger partial charge is 0.188 e. The highest BCUT2D eigenvalue weighted by Gasteiger charge is 2.19. The summed E-state index contributed by atoms with van der Waals surface area (Å²) in [5, 5.41) is 5.33. The van der Waals surface area contributed by atoms with Gasteiger partial charge in [0.15, 0.2) is 5.96 Å². The Hall–Kier alpha value is -2.05. The van der Waals surface area contributed by atoms with E-state index in [4.69, 9.17) is 10.5 Å². The average Bonchev–Trinajstić information content (AvgIpc) is 3.21. The van der Waals surface area contributed by atoms with Crippen molar-refractivity contribution < 1.29 is 4.74 Å². The number of nitrogens with one attached hydrogen (secondary N) is 1. The second kappa shape index (κ2) is 10.3. The van der Waals surface area contributed by atoms with Gasteiger partial charge in [-0.25, -0.2) is 0 Å². The predicted molar refractivity (Wildman–Crippen MR) is 114 cm³/mol. The molecule has 2 aromatic rings. The molecule has 146 valence electrons. The summed E-state index contributed by atoms with van der Waals surface area (Å²) in [5.41, 5.74) is 7.34. The van der Waals surface area contributed by atoms with E-state index in [2.05, 4.69) is 44.9 Å². The van der Waals surface area contributed by atoms with Crippen LogP contribution in [0.5, 0.6) is 5.75 Å². The zero-order valence-corrected chi connectivity index (χ0v) is 16.9. The van der Waals surface area contributed by atoms with Crippen molar-refractivity contribution in [2.45, 2.75) is 25.8 Å². The molecule has 3 N–H and O–H groups in total. The number of benzene rings is 1. The van der Waals surface area contributed by atoms with Crippen LogP contribution in [0.4, 0.5) is 0 Å². The Balaban J connectivity index is 1.33. The third-order valence-electron chi connectivity index (χ3n) is 5.05. The number of nitrogens with two attached hydrogens (primary N) is 1. The molecule has 27 heavy (non-hydrogen) atoms. The van der Waals surface area contributed by atoms with Gasteiger partial charge in [0.05, 0.1) is 7.11 Å². The fourth-order valence-corrected chi connectivity index (χ4v) is 4.08. The lowest BCUT2D eigenvalue weighted by atomic mass is 9.96. The van der Waals surface area contributed by atoms with Crippen LogP contribution in [-0.4, -0.2) is 44.1 Å². The Morgan fingerprint density at radius 3 is 2.70 bits per heavy atom. The molecule has 2 heterocycles. The first-order valence-corrected chi connectivity index (χ1v) is 10.5. The van der Waals surface area contributed by atoms with Crippen molar-refractivity contribution >= 4 is 17.3 Å². The van der Waals surface area contributed by atoms with E-state index in [1.165, 1.54) is 23.3 Å². The molecular formula is C21H30N4OS. The van der Waals surface area contributed by atoms with Crippen molar-refractivity contribution in [3.05, 3.63) is 52.2 Å². The van der Waals surface area contributed by atoms with Crippen LogP contribution < -0.4 is 15.8 Å². The lowest BCUT2D eigenvalue weighted by Crippen LogP contribution is -2.36. The number of ether oxygens (including phenoxy) is 1. The van der Waals surface area contributed by atoms with Crippen molar-refractivity contribution in [3.63, 3.8) is 0 Å². The third-order valence-corrected chi connectivity index (χ3v) is 5.99. The van der Waals surface area contributed by atoms with Crippen LogP contribution in [-0.2, 0) is 13.0 Å². The summed E-state index contributed by atoms with van der Waals surface area (Å²) in [6.07, 6.45) is 3.36. The fourth-order valence-electron chi connectivity index (χ4n) is 3.37. The van der Waals surface area contributed by atoms with Gasteiger partial charge in [0.1, 0.15) is 5.75 Å². The van der Waals surface area contributed by atoms with E-state index in [1.54, 1.807) is 18.4 Å². The number of aliphatic imine (C=N–C) groups is 1. The van der Waals surface area contributed by atoms with E-state index in [-0.39, 0.29) is 0 Å². The maximum Gasteiger partial charge on any atom is 0.188 e. The highest BCUT2D eigenvalue weighted by Crippen LogP contribution is 2.20. The molecule has 1 fully saturated rings. The molecule has 1 aliphatic heterocycles. The van der Waals surface area contributed by atoms with Crippen LogP contribution in [0.25, 0.3) is 0 Å². The Labute approximate surface area is 166 Å². The van der Waals surface area contributed by atoms with Gasteiger partial charge in [0.25, 0.3) is 0 Å². The van der Waals surface area contributed by atoms with Gasteiger partial charge in [0, 0.05) is 24.5 Å². The molecule has 1 aliphatic rings. The van der Waals surface area contributed by atoms with Gasteiger partial charge in [-0.05, 0) is 67.4 Å². The quantitative estimate of drug-likeness (QED) is 0.540. The van der Waals surface area contributed by atoms with E-state index in [9.17, 15) is 0 Å². The Morgan fingerprint density at radius 1 is 1.26 bits per heavy atom. The molecule has 0 radical (unpaired) electrons. The molecule has 5 nitrogen and oxygen atoms in total. The van der Waals surface area contributed by atoms with Crippen LogP contribution in [0.2, 0.25) is 0 Å². The number of likely N-dealkylation sites (tertiary alicyclic amines) is 1. The van der Waals surface area contributed by atoms with E-state index in [1.807, 2.05) is 12.1 Å².